The van der Waals surface area contributed by atoms with Crippen LogP contribution in [0.4, 0.5) is 5.69 Å². The van der Waals surface area contributed by atoms with Crippen LogP contribution in [0.2, 0.25) is 5.02 Å². The highest BCUT2D eigenvalue weighted by molar-refractivity contribution is 6.30. The van der Waals surface area contributed by atoms with Gasteiger partial charge in [0.25, 0.3) is 0 Å². The second-order valence-electron chi connectivity index (χ2n) is 4.77. The van der Waals surface area contributed by atoms with Gasteiger partial charge in [0.15, 0.2) is 0 Å². The lowest BCUT2D eigenvalue weighted by atomic mass is 10.1. The summed E-state index contributed by atoms with van der Waals surface area (Å²) in [7, 11) is 0. The molecule has 1 aliphatic rings. The molecule has 2 N–H and O–H groups in total. The number of hydrogen-bond acceptors (Lipinski definition) is 2. The van der Waals surface area contributed by atoms with Gasteiger partial charge in [0.1, 0.15) is 6.61 Å². The first kappa shape index (κ1) is 13.9. The van der Waals surface area contributed by atoms with E-state index in [2.05, 4.69) is 17.2 Å². The molecule has 1 aromatic rings. The van der Waals surface area contributed by atoms with Crippen LogP contribution in [0, 0.1) is 23.7 Å². The number of aliphatic hydroxyl groups excluding tert-OH is 1. The molecule has 4 heteroatoms. The number of hydrogen-bond donors (Lipinski definition) is 2. The van der Waals surface area contributed by atoms with E-state index in [4.69, 9.17) is 16.7 Å². The Balaban J connectivity index is 2.16. The highest BCUT2D eigenvalue weighted by Gasteiger charge is 2.32. The Bertz CT molecular complexity index is 541. The van der Waals surface area contributed by atoms with E-state index < -0.39 is 0 Å². The lowest BCUT2D eigenvalue weighted by Crippen LogP contribution is -2.22. The maximum atomic E-state index is 12.1. The zero-order valence-electron chi connectivity index (χ0n) is 10.7. The fourth-order valence-electron chi connectivity index (χ4n) is 1.92. The van der Waals surface area contributed by atoms with Gasteiger partial charge >= 0.3 is 0 Å². The predicted octanol–water partition coefficient (Wildman–Crippen LogP) is 2.67. The van der Waals surface area contributed by atoms with Crippen molar-refractivity contribution in [1.29, 1.82) is 0 Å². The molecule has 1 fully saturated rings. The van der Waals surface area contributed by atoms with Gasteiger partial charge in [0.2, 0.25) is 5.91 Å². The van der Waals surface area contributed by atoms with Gasteiger partial charge in [-0.3, -0.25) is 4.79 Å². The van der Waals surface area contributed by atoms with Crippen LogP contribution < -0.4 is 5.32 Å². The molecule has 3 nitrogen and oxygen atoms in total. The van der Waals surface area contributed by atoms with Crippen LogP contribution in [-0.2, 0) is 4.79 Å². The molecule has 1 aliphatic carbocycles. The Morgan fingerprint density at radius 3 is 2.95 bits per heavy atom. The zero-order chi connectivity index (χ0) is 13.8. The summed E-state index contributed by atoms with van der Waals surface area (Å²) >= 11 is 5.91. The largest absolute Gasteiger partial charge is 0.384 e. The summed E-state index contributed by atoms with van der Waals surface area (Å²) < 4.78 is 0. The first-order valence-corrected chi connectivity index (χ1v) is 6.69. The summed E-state index contributed by atoms with van der Waals surface area (Å²) in [5.41, 5.74) is 1.26. The monoisotopic (exact) mass is 277 g/mol. The third-order valence-electron chi connectivity index (χ3n) is 3.28. The molecule has 0 aromatic heterocycles. The molecular weight excluding hydrogens is 262 g/mol. The van der Waals surface area contributed by atoms with Gasteiger partial charge in [0, 0.05) is 16.5 Å². The summed E-state index contributed by atoms with van der Waals surface area (Å²) in [6.07, 6.45) is 2.26. The van der Waals surface area contributed by atoms with Crippen LogP contribution in [0.25, 0.3) is 0 Å². The topological polar surface area (TPSA) is 49.3 Å². The number of carbonyl (C=O) groups excluding carboxylic acids is 1. The van der Waals surface area contributed by atoms with Crippen molar-refractivity contribution < 1.29 is 9.90 Å². The highest BCUT2D eigenvalue weighted by Crippen LogP contribution is 2.37. The van der Waals surface area contributed by atoms with E-state index in [-0.39, 0.29) is 18.4 Å². The average molecular weight is 278 g/mol. The second-order valence-corrected chi connectivity index (χ2v) is 5.20. The Hall–Kier alpha value is -1.50. The number of halogens is 1. The molecule has 1 saturated carbocycles. The van der Waals surface area contributed by atoms with Gasteiger partial charge < -0.3 is 10.4 Å². The van der Waals surface area contributed by atoms with Crippen molar-refractivity contribution in [1.82, 2.24) is 0 Å². The van der Waals surface area contributed by atoms with Crippen LogP contribution >= 0.6 is 11.6 Å². The minimum Gasteiger partial charge on any atom is -0.384 e. The van der Waals surface area contributed by atoms with E-state index in [1.54, 1.807) is 18.2 Å². The van der Waals surface area contributed by atoms with Gasteiger partial charge in [-0.05, 0) is 37.0 Å². The number of carbonyl (C=O) groups is 1. The molecule has 19 heavy (non-hydrogen) atoms. The van der Waals surface area contributed by atoms with Crippen molar-refractivity contribution in [2.45, 2.75) is 19.8 Å². The normalized spacial score (nSPS) is 15.3. The minimum absolute atomic E-state index is 0.0110. The number of anilines is 1. The third-order valence-corrected chi connectivity index (χ3v) is 3.52. The Morgan fingerprint density at radius 1 is 1.58 bits per heavy atom. The summed E-state index contributed by atoms with van der Waals surface area (Å²) in [4.78, 5) is 12.1. The molecule has 0 saturated heterocycles. The molecule has 0 heterocycles. The molecule has 1 amide bonds. The first-order valence-electron chi connectivity index (χ1n) is 6.32. The van der Waals surface area contributed by atoms with Gasteiger partial charge in [-0.15, -0.1) is 0 Å². The standard InChI is InChI=1S/C15H16ClNO2/c1-10(11-4-5-11)15(19)17-14-7-6-13(16)9-12(14)3-2-8-18/h6-7,9-11,18H,4-5,8H2,1H3,(H,17,19). The summed E-state index contributed by atoms with van der Waals surface area (Å²) in [5, 5.41) is 12.2. The quantitative estimate of drug-likeness (QED) is 0.835. The summed E-state index contributed by atoms with van der Waals surface area (Å²) in [6, 6.07) is 5.13. The minimum atomic E-state index is -0.224. The SMILES string of the molecule is CC(C(=O)Nc1ccc(Cl)cc1C#CCO)C1CC1. The zero-order valence-corrected chi connectivity index (χ0v) is 11.5. The van der Waals surface area contributed by atoms with Crippen LogP contribution in [0.1, 0.15) is 25.3 Å². The Morgan fingerprint density at radius 2 is 2.32 bits per heavy atom. The number of aliphatic hydroxyl groups is 1. The number of rotatable bonds is 3. The van der Waals surface area contributed by atoms with Gasteiger partial charge in [-0.2, -0.15) is 0 Å². The van der Waals surface area contributed by atoms with E-state index >= 15 is 0 Å². The fourth-order valence-corrected chi connectivity index (χ4v) is 2.09. The molecule has 1 unspecified atom stereocenters. The molecule has 2 rings (SSSR count). The van der Waals surface area contributed by atoms with Crippen LogP contribution in [0.5, 0.6) is 0 Å². The van der Waals surface area contributed by atoms with Crippen LogP contribution in [-0.4, -0.2) is 17.6 Å². The van der Waals surface area contributed by atoms with E-state index in [1.165, 1.54) is 0 Å². The van der Waals surface area contributed by atoms with E-state index in [0.29, 0.717) is 22.2 Å². The lowest BCUT2D eigenvalue weighted by Gasteiger charge is -2.12. The summed E-state index contributed by atoms with van der Waals surface area (Å²) in [6.45, 7) is 1.72. The van der Waals surface area contributed by atoms with Crippen molar-refractivity contribution in [2.75, 3.05) is 11.9 Å². The molecule has 0 bridgehead atoms. The van der Waals surface area contributed by atoms with E-state index in [0.717, 1.165) is 12.8 Å². The third kappa shape index (κ3) is 3.73. The number of nitrogens with one attached hydrogen (secondary N) is 1. The number of amides is 1. The van der Waals surface area contributed by atoms with E-state index in [9.17, 15) is 4.79 Å². The van der Waals surface area contributed by atoms with E-state index in [1.807, 2.05) is 6.92 Å². The number of benzene rings is 1. The summed E-state index contributed by atoms with van der Waals surface area (Å²) in [5.74, 6) is 5.91. The molecule has 0 spiro atoms. The van der Waals surface area contributed by atoms with Crippen molar-refractivity contribution in [3.05, 3.63) is 28.8 Å². The van der Waals surface area contributed by atoms with Gasteiger partial charge in [0.05, 0.1) is 5.69 Å². The van der Waals surface area contributed by atoms with Crippen LogP contribution in [0.3, 0.4) is 0 Å². The highest BCUT2D eigenvalue weighted by atomic mass is 35.5. The predicted molar refractivity (Wildman–Crippen MR) is 75.9 cm³/mol. The van der Waals surface area contributed by atoms with Gasteiger partial charge in [-0.25, -0.2) is 0 Å². The smallest absolute Gasteiger partial charge is 0.227 e. The maximum absolute atomic E-state index is 12.1. The molecular formula is C15H16ClNO2. The molecule has 100 valence electrons. The molecule has 0 aliphatic heterocycles. The fraction of sp³-hybridized carbons (Fsp3) is 0.400. The van der Waals surface area contributed by atoms with Crippen LogP contribution in [0.15, 0.2) is 18.2 Å². The Kier molecular flexibility index (Phi) is 4.47. The van der Waals surface area contributed by atoms with Crippen molar-refractivity contribution in [3.63, 3.8) is 0 Å². The maximum Gasteiger partial charge on any atom is 0.227 e. The molecule has 1 aromatic carbocycles. The van der Waals surface area contributed by atoms with Gasteiger partial charge in [-0.1, -0.05) is 30.4 Å². The second kappa shape index (κ2) is 6.10. The first-order chi connectivity index (χ1) is 9.11. The van der Waals surface area contributed by atoms with Crippen molar-refractivity contribution >= 4 is 23.2 Å². The molecule has 0 radical (unpaired) electrons. The van der Waals surface area contributed by atoms with Crippen molar-refractivity contribution in [2.24, 2.45) is 11.8 Å². The lowest BCUT2D eigenvalue weighted by molar-refractivity contribution is -0.119. The Labute approximate surface area is 118 Å². The van der Waals surface area contributed by atoms with Crippen molar-refractivity contribution in [3.8, 4) is 11.8 Å². The molecule has 1 atom stereocenters. The average Bonchev–Trinajstić information content (AvgIpc) is 3.22.